The molecule has 94 valence electrons. The van der Waals surface area contributed by atoms with Gasteiger partial charge in [0.15, 0.2) is 0 Å². The monoisotopic (exact) mass is 263 g/mol. The Morgan fingerprint density at radius 1 is 1.59 bits per heavy atom. The minimum absolute atomic E-state index is 0.182. The lowest BCUT2D eigenvalue weighted by molar-refractivity contribution is -0.387. The summed E-state index contributed by atoms with van der Waals surface area (Å²) in [6.45, 7) is -0.378. The van der Waals surface area contributed by atoms with Crippen LogP contribution in [-0.4, -0.2) is 31.1 Å². The quantitative estimate of drug-likeness (QED) is 0.428. The molecule has 1 rings (SSSR count). The van der Waals surface area contributed by atoms with Gasteiger partial charge in [-0.15, -0.1) is 11.6 Å². The van der Waals surface area contributed by atoms with Crippen LogP contribution < -0.4 is 11.2 Å². The Labute approximate surface area is 99.8 Å². The van der Waals surface area contributed by atoms with E-state index in [0.717, 1.165) is 10.8 Å². The van der Waals surface area contributed by atoms with Gasteiger partial charge in [0.05, 0.1) is 29.6 Å². The fraction of sp³-hybridized carbons (Fsp3) is 0.500. The van der Waals surface area contributed by atoms with Gasteiger partial charge in [-0.05, 0) is 0 Å². The Kier molecular flexibility index (Phi) is 4.02. The van der Waals surface area contributed by atoms with Crippen molar-refractivity contribution in [2.24, 2.45) is 7.05 Å². The minimum Gasteiger partial charge on any atom is -0.390 e. The average Bonchev–Trinajstić information content (AvgIpc) is 2.28. The zero-order valence-corrected chi connectivity index (χ0v) is 9.62. The zero-order chi connectivity index (χ0) is 13.2. The van der Waals surface area contributed by atoms with Crippen LogP contribution in [0.2, 0.25) is 0 Å². The first-order chi connectivity index (χ1) is 7.88. The first kappa shape index (κ1) is 13.4. The minimum atomic E-state index is -1.12. The van der Waals surface area contributed by atoms with Gasteiger partial charge in [0.25, 0.3) is 0 Å². The molecule has 1 aromatic rings. The van der Waals surface area contributed by atoms with Crippen molar-refractivity contribution in [3.8, 4) is 0 Å². The molecule has 0 aromatic carbocycles. The molecular formula is C8H10ClN3O5. The van der Waals surface area contributed by atoms with Crippen molar-refractivity contribution in [1.29, 1.82) is 0 Å². The van der Waals surface area contributed by atoms with Crippen LogP contribution in [0.1, 0.15) is 0 Å². The molecule has 9 heteroatoms. The van der Waals surface area contributed by atoms with E-state index in [0.29, 0.717) is 4.57 Å². The third-order valence-electron chi connectivity index (χ3n) is 2.08. The van der Waals surface area contributed by atoms with E-state index >= 15 is 0 Å². The lowest BCUT2D eigenvalue weighted by Crippen LogP contribution is -2.42. The van der Waals surface area contributed by atoms with Gasteiger partial charge in [0.1, 0.15) is 0 Å². The van der Waals surface area contributed by atoms with Crippen LogP contribution in [0.4, 0.5) is 5.69 Å². The highest BCUT2D eigenvalue weighted by Gasteiger charge is 2.19. The molecule has 0 bridgehead atoms. The third-order valence-corrected chi connectivity index (χ3v) is 2.44. The van der Waals surface area contributed by atoms with Crippen LogP contribution in [0.25, 0.3) is 0 Å². The van der Waals surface area contributed by atoms with Gasteiger partial charge in [-0.3, -0.25) is 24.0 Å². The molecule has 1 unspecified atom stereocenters. The topological polar surface area (TPSA) is 107 Å². The number of hydrogen-bond donors (Lipinski definition) is 1. The summed E-state index contributed by atoms with van der Waals surface area (Å²) in [4.78, 5) is 32.9. The molecule has 0 aliphatic rings. The number of halogens is 1. The van der Waals surface area contributed by atoms with Crippen LogP contribution in [0.15, 0.2) is 15.8 Å². The largest absolute Gasteiger partial charge is 0.390 e. The van der Waals surface area contributed by atoms with Crippen molar-refractivity contribution in [2.45, 2.75) is 12.6 Å². The van der Waals surface area contributed by atoms with Crippen molar-refractivity contribution in [3.63, 3.8) is 0 Å². The molecule has 0 saturated carbocycles. The predicted molar refractivity (Wildman–Crippen MR) is 59.3 cm³/mol. The third kappa shape index (κ3) is 2.71. The van der Waals surface area contributed by atoms with E-state index in [9.17, 15) is 24.8 Å². The lowest BCUT2D eigenvalue weighted by Gasteiger charge is -2.09. The molecule has 1 N–H and O–H groups in total. The van der Waals surface area contributed by atoms with Crippen LogP contribution in [0.3, 0.4) is 0 Å². The van der Waals surface area contributed by atoms with E-state index in [1.807, 2.05) is 0 Å². The molecule has 8 nitrogen and oxygen atoms in total. The number of aryl methyl sites for hydroxylation is 1. The second-order valence-corrected chi connectivity index (χ2v) is 3.70. The number of nitrogens with zero attached hydrogens (tertiary/aromatic N) is 3. The number of aliphatic hydroxyl groups excluding tert-OH is 1. The summed E-state index contributed by atoms with van der Waals surface area (Å²) in [6, 6.07) is 0. The summed E-state index contributed by atoms with van der Waals surface area (Å²) < 4.78 is 1.49. The standard InChI is InChI=1S/C8H10ClN3O5/c1-10-4-6(12(16)17)7(14)11(8(10)15)3-5(13)2-9/h4-5,13H,2-3H2,1H3. The predicted octanol–water partition coefficient (Wildman–Crippen LogP) is -0.945. The Balaban J connectivity index is 3.43. The molecule has 1 aromatic heterocycles. The molecule has 0 aliphatic heterocycles. The molecule has 0 saturated heterocycles. The van der Waals surface area contributed by atoms with Gasteiger partial charge >= 0.3 is 16.9 Å². The van der Waals surface area contributed by atoms with E-state index in [1.54, 1.807) is 0 Å². The fourth-order valence-electron chi connectivity index (χ4n) is 1.26. The van der Waals surface area contributed by atoms with Crippen LogP contribution in [0.5, 0.6) is 0 Å². The molecule has 0 spiro atoms. The molecule has 1 atom stereocenters. The Morgan fingerprint density at radius 3 is 2.65 bits per heavy atom. The normalized spacial score (nSPS) is 12.4. The van der Waals surface area contributed by atoms with Gasteiger partial charge in [-0.25, -0.2) is 4.79 Å². The van der Waals surface area contributed by atoms with Crippen LogP contribution in [-0.2, 0) is 13.6 Å². The smallest absolute Gasteiger partial charge is 0.350 e. The molecule has 0 fully saturated rings. The summed E-state index contributed by atoms with van der Waals surface area (Å²) in [5, 5.41) is 19.9. The van der Waals surface area contributed by atoms with Gasteiger partial charge < -0.3 is 5.11 Å². The second-order valence-electron chi connectivity index (χ2n) is 3.39. The van der Waals surface area contributed by atoms with Gasteiger partial charge in [-0.2, -0.15) is 0 Å². The highest BCUT2D eigenvalue weighted by molar-refractivity contribution is 6.18. The number of hydrogen-bond acceptors (Lipinski definition) is 5. The van der Waals surface area contributed by atoms with Gasteiger partial charge in [0.2, 0.25) is 0 Å². The fourth-order valence-corrected chi connectivity index (χ4v) is 1.35. The van der Waals surface area contributed by atoms with E-state index < -0.39 is 28.0 Å². The Hall–Kier alpha value is -1.67. The molecular weight excluding hydrogens is 254 g/mol. The van der Waals surface area contributed by atoms with Crippen molar-refractivity contribution < 1.29 is 10.0 Å². The maximum atomic E-state index is 11.6. The first-order valence-corrected chi connectivity index (χ1v) is 5.10. The summed E-state index contributed by atoms with van der Waals surface area (Å²) in [7, 11) is 1.28. The molecule has 0 radical (unpaired) electrons. The maximum absolute atomic E-state index is 11.6. The number of rotatable bonds is 4. The highest BCUT2D eigenvalue weighted by atomic mass is 35.5. The van der Waals surface area contributed by atoms with E-state index in [-0.39, 0.29) is 12.4 Å². The summed E-state index contributed by atoms with van der Waals surface area (Å²) >= 11 is 5.34. The van der Waals surface area contributed by atoms with Crippen molar-refractivity contribution >= 4 is 17.3 Å². The molecule has 0 aliphatic carbocycles. The van der Waals surface area contributed by atoms with Gasteiger partial charge in [0, 0.05) is 7.05 Å². The van der Waals surface area contributed by atoms with Crippen molar-refractivity contribution in [3.05, 3.63) is 37.1 Å². The summed E-state index contributed by atoms with van der Waals surface area (Å²) in [5.74, 6) is -0.182. The molecule has 17 heavy (non-hydrogen) atoms. The average molecular weight is 264 g/mol. The van der Waals surface area contributed by atoms with E-state index in [2.05, 4.69) is 0 Å². The van der Waals surface area contributed by atoms with Crippen molar-refractivity contribution in [1.82, 2.24) is 9.13 Å². The second kappa shape index (κ2) is 5.11. The first-order valence-electron chi connectivity index (χ1n) is 4.57. The molecule has 1 heterocycles. The SMILES string of the molecule is Cn1cc([N+](=O)[O-])c(=O)n(CC(O)CCl)c1=O. The number of aromatic nitrogens is 2. The summed E-state index contributed by atoms with van der Waals surface area (Å²) in [6.07, 6.45) is -0.280. The maximum Gasteiger partial charge on any atom is 0.350 e. The number of alkyl halides is 1. The lowest BCUT2D eigenvalue weighted by atomic mass is 10.4. The molecule has 0 amide bonds. The van der Waals surface area contributed by atoms with Crippen molar-refractivity contribution in [2.75, 3.05) is 5.88 Å². The Bertz CT molecular complexity index is 549. The van der Waals surface area contributed by atoms with Gasteiger partial charge in [-0.1, -0.05) is 0 Å². The number of aliphatic hydroxyl groups is 1. The van der Waals surface area contributed by atoms with Crippen LogP contribution in [0, 0.1) is 10.1 Å². The van der Waals surface area contributed by atoms with E-state index in [4.69, 9.17) is 11.6 Å². The Morgan fingerprint density at radius 2 is 2.18 bits per heavy atom. The highest BCUT2D eigenvalue weighted by Crippen LogP contribution is 2.00. The van der Waals surface area contributed by atoms with E-state index in [1.165, 1.54) is 7.05 Å². The summed E-state index contributed by atoms with van der Waals surface area (Å²) in [5.41, 5.74) is -2.53. The number of nitro groups is 1. The zero-order valence-electron chi connectivity index (χ0n) is 8.87. The van der Waals surface area contributed by atoms with Crippen LogP contribution >= 0.6 is 11.6 Å².